The van der Waals surface area contributed by atoms with E-state index in [1.165, 1.54) is 4.90 Å². The van der Waals surface area contributed by atoms with Crippen LogP contribution in [-0.4, -0.2) is 68.5 Å². The Kier molecular flexibility index (Phi) is 9.10. The number of alkyl halides is 1. The van der Waals surface area contributed by atoms with Crippen molar-refractivity contribution in [2.45, 2.75) is 83.5 Å². The van der Waals surface area contributed by atoms with Crippen LogP contribution in [0.4, 0.5) is 0 Å². The van der Waals surface area contributed by atoms with E-state index in [0.717, 1.165) is 11.1 Å². The van der Waals surface area contributed by atoms with E-state index in [-0.39, 0.29) is 36.6 Å². The Hall–Kier alpha value is -3.10. The third-order valence-corrected chi connectivity index (χ3v) is 7.05. The van der Waals surface area contributed by atoms with E-state index >= 15 is 0 Å². The molecular weight excluding hydrogens is 506 g/mol. The molecule has 0 bridgehead atoms. The third-order valence-electron chi connectivity index (χ3n) is 6.74. The van der Waals surface area contributed by atoms with Crippen LogP contribution in [0, 0.1) is 20.8 Å². The highest BCUT2D eigenvalue weighted by Crippen LogP contribution is 2.26. The number of aromatic hydroxyl groups is 1. The maximum Gasteiger partial charge on any atom is 0.254 e. The molecule has 0 saturated carbocycles. The van der Waals surface area contributed by atoms with Crippen LogP contribution in [0.5, 0.6) is 5.75 Å². The van der Waals surface area contributed by atoms with Gasteiger partial charge in [-0.25, -0.2) is 0 Å². The van der Waals surface area contributed by atoms with Gasteiger partial charge in [0.2, 0.25) is 5.91 Å². The zero-order valence-electron chi connectivity index (χ0n) is 22.8. The van der Waals surface area contributed by atoms with Gasteiger partial charge in [-0.3, -0.25) is 14.4 Å². The van der Waals surface area contributed by atoms with Gasteiger partial charge in [0.1, 0.15) is 11.8 Å². The van der Waals surface area contributed by atoms with E-state index in [1.807, 2.05) is 52.0 Å². The monoisotopic (exact) mass is 543 g/mol. The number of carbonyl (C=O) groups is 3. The van der Waals surface area contributed by atoms with E-state index in [4.69, 9.17) is 11.6 Å². The molecule has 1 aliphatic heterocycles. The lowest BCUT2D eigenvalue weighted by molar-refractivity contribution is -0.146. The number of hydrogen-bond donors (Lipinski definition) is 4. The number of phenols is 1. The number of halogens is 1. The van der Waals surface area contributed by atoms with Crippen molar-refractivity contribution in [3.05, 3.63) is 64.2 Å². The Balaban J connectivity index is 1.89. The minimum atomic E-state index is -1.63. The van der Waals surface area contributed by atoms with Gasteiger partial charge in [-0.05, 0) is 71.6 Å². The first-order valence-electron chi connectivity index (χ1n) is 12.8. The number of nitrogens with zero attached hydrogens (tertiary/aromatic N) is 1. The van der Waals surface area contributed by atoms with E-state index in [9.17, 15) is 24.6 Å². The van der Waals surface area contributed by atoms with Gasteiger partial charge in [0.05, 0.1) is 11.4 Å². The molecule has 1 aliphatic rings. The molecule has 0 radical (unpaired) electrons. The molecule has 8 nitrogen and oxygen atoms in total. The standard InChI is InChI=1S/C29H38ClN3O5/c1-16-7-10-19(11-8-16)13-22(31-26(36)21-12-9-17(2)24(34)18(21)3)25(35)28(38)33-15-20(30)14-23(33)27(37)32-29(4,5)6/h7-12,20,22-23,25,34-35H,13-15H2,1-6H3,(H,31,36)(H,32,37)/t20-,22-,23-,25-/m0/s1. The largest absolute Gasteiger partial charge is 0.507 e. The summed E-state index contributed by atoms with van der Waals surface area (Å²) in [6, 6.07) is 8.98. The molecule has 1 saturated heterocycles. The van der Waals surface area contributed by atoms with Gasteiger partial charge >= 0.3 is 0 Å². The van der Waals surface area contributed by atoms with Gasteiger partial charge in [0.15, 0.2) is 6.10 Å². The molecule has 0 aromatic heterocycles. The van der Waals surface area contributed by atoms with Crippen molar-refractivity contribution in [2.75, 3.05) is 6.54 Å². The molecule has 0 unspecified atom stereocenters. The smallest absolute Gasteiger partial charge is 0.254 e. The average molecular weight is 544 g/mol. The number of benzene rings is 2. The lowest BCUT2D eigenvalue weighted by atomic mass is 9.97. The summed E-state index contributed by atoms with van der Waals surface area (Å²) < 4.78 is 0. The summed E-state index contributed by atoms with van der Waals surface area (Å²) >= 11 is 6.35. The van der Waals surface area contributed by atoms with E-state index in [0.29, 0.717) is 11.1 Å². The minimum Gasteiger partial charge on any atom is -0.507 e. The van der Waals surface area contributed by atoms with Crippen LogP contribution in [-0.2, 0) is 16.0 Å². The molecule has 0 spiro atoms. The number of aryl methyl sites for hydroxylation is 2. The van der Waals surface area contributed by atoms with E-state index in [1.54, 1.807) is 26.0 Å². The van der Waals surface area contributed by atoms with Gasteiger partial charge < -0.3 is 25.7 Å². The zero-order chi connectivity index (χ0) is 28.4. The van der Waals surface area contributed by atoms with Crippen LogP contribution in [0.1, 0.15) is 59.8 Å². The molecule has 4 N–H and O–H groups in total. The lowest BCUT2D eigenvalue weighted by Gasteiger charge is -2.32. The number of rotatable bonds is 7. The summed E-state index contributed by atoms with van der Waals surface area (Å²) in [5, 5.41) is 26.9. The van der Waals surface area contributed by atoms with Crippen LogP contribution in [0.2, 0.25) is 0 Å². The van der Waals surface area contributed by atoms with Crippen molar-refractivity contribution >= 4 is 29.3 Å². The Labute approximate surface area is 229 Å². The zero-order valence-corrected chi connectivity index (χ0v) is 23.6. The van der Waals surface area contributed by atoms with Crippen molar-refractivity contribution in [3.63, 3.8) is 0 Å². The molecule has 4 atom stereocenters. The fourth-order valence-corrected chi connectivity index (χ4v) is 4.94. The van der Waals surface area contributed by atoms with E-state index < -0.39 is 40.9 Å². The Morgan fingerprint density at radius 3 is 2.32 bits per heavy atom. The molecule has 1 fully saturated rings. The second kappa shape index (κ2) is 11.7. The Bertz CT molecular complexity index is 1190. The van der Waals surface area contributed by atoms with Gasteiger partial charge in [0, 0.05) is 23.2 Å². The fraction of sp³-hybridized carbons (Fsp3) is 0.483. The number of carbonyl (C=O) groups excluding carboxylic acids is 3. The summed E-state index contributed by atoms with van der Waals surface area (Å²) in [5.74, 6) is -1.53. The topological polar surface area (TPSA) is 119 Å². The van der Waals surface area contributed by atoms with Gasteiger partial charge in [-0.2, -0.15) is 0 Å². The third kappa shape index (κ3) is 7.05. The van der Waals surface area contributed by atoms with Crippen molar-refractivity contribution in [3.8, 4) is 5.75 Å². The van der Waals surface area contributed by atoms with Crippen molar-refractivity contribution < 1.29 is 24.6 Å². The van der Waals surface area contributed by atoms with Gasteiger partial charge in [-0.15, -0.1) is 11.6 Å². The Morgan fingerprint density at radius 2 is 1.71 bits per heavy atom. The van der Waals surface area contributed by atoms with Crippen molar-refractivity contribution in [2.24, 2.45) is 0 Å². The van der Waals surface area contributed by atoms with Crippen LogP contribution in [0.3, 0.4) is 0 Å². The van der Waals surface area contributed by atoms with Crippen LogP contribution >= 0.6 is 11.6 Å². The summed E-state index contributed by atoms with van der Waals surface area (Å²) in [5.41, 5.74) is 2.64. The molecule has 1 heterocycles. The summed E-state index contributed by atoms with van der Waals surface area (Å²) in [4.78, 5) is 41.1. The molecule has 206 valence electrons. The van der Waals surface area contributed by atoms with Crippen molar-refractivity contribution in [1.82, 2.24) is 15.5 Å². The fourth-order valence-electron chi connectivity index (χ4n) is 4.62. The average Bonchev–Trinajstić information content (AvgIpc) is 3.23. The van der Waals surface area contributed by atoms with Crippen LogP contribution in [0.25, 0.3) is 0 Å². The first-order valence-corrected chi connectivity index (χ1v) is 13.2. The molecule has 3 rings (SSSR count). The van der Waals surface area contributed by atoms with Crippen LogP contribution < -0.4 is 10.6 Å². The quantitative estimate of drug-likeness (QED) is 0.400. The number of nitrogens with one attached hydrogen (secondary N) is 2. The second-order valence-corrected chi connectivity index (χ2v) is 11.8. The normalized spacial score (nSPS) is 19.1. The first kappa shape index (κ1) is 29.5. The first-order chi connectivity index (χ1) is 17.7. The number of amides is 3. The number of likely N-dealkylation sites (tertiary alicyclic amines) is 1. The molecule has 2 aromatic carbocycles. The molecular formula is C29H38ClN3O5. The van der Waals surface area contributed by atoms with Crippen molar-refractivity contribution in [1.29, 1.82) is 0 Å². The summed E-state index contributed by atoms with van der Waals surface area (Å²) in [6.07, 6.45) is -1.20. The summed E-state index contributed by atoms with van der Waals surface area (Å²) in [6.45, 7) is 11.0. The Morgan fingerprint density at radius 1 is 1.08 bits per heavy atom. The molecule has 9 heteroatoms. The van der Waals surface area contributed by atoms with Gasteiger partial charge in [0.25, 0.3) is 11.8 Å². The predicted octanol–water partition coefficient (Wildman–Crippen LogP) is 3.14. The maximum absolute atomic E-state index is 13.6. The maximum atomic E-state index is 13.6. The highest BCUT2D eigenvalue weighted by molar-refractivity contribution is 6.21. The lowest BCUT2D eigenvalue weighted by Crippen LogP contribution is -2.57. The van der Waals surface area contributed by atoms with E-state index in [2.05, 4.69) is 10.6 Å². The molecule has 3 amide bonds. The SMILES string of the molecule is Cc1ccc(C[C@H](NC(=O)c2ccc(C)c(O)c2C)[C@H](O)C(=O)N2C[C@@H](Cl)C[C@H]2C(=O)NC(C)(C)C)cc1. The molecule has 38 heavy (non-hydrogen) atoms. The number of aliphatic hydroxyl groups excluding tert-OH is 1. The highest BCUT2D eigenvalue weighted by Gasteiger charge is 2.43. The number of hydrogen-bond acceptors (Lipinski definition) is 5. The highest BCUT2D eigenvalue weighted by atomic mass is 35.5. The van der Waals surface area contributed by atoms with Crippen LogP contribution in [0.15, 0.2) is 36.4 Å². The molecule has 2 aromatic rings. The second-order valence-electron chi connectivity index (χ2n) is 11.2. The number of aliphatic hydroxyl groups is 1. The number of phenolic OH excluding ortho intramolecular Hbond substituents is 1. The predicted molar refractivity (Wildman–Crippen MR) is 147 cm³/mol. The summed E-state index contributed by atoms with van der Waals surface area (Å²) in [7, 11) is 0. The molecule has 0 aliphatic carbocycles. The minimum absolute atomic E-state index is 0.0160. The van der Waals surface area contributed by atoms with Gasteiger partial charge in [-0.1, -0.05) is 35.9 Å².